The first kappa shape index (κ1) is 23.6. The Morgan fingerprint density at radius 1 is 1.14 bits per heavy atom. The molecule has 1 saturated heterocycles. The molecule has 2 fully saturated rings. The van der Waals surface area contributed by atoms with Gasteiger partial charge in [-0.1, -0.05) is 0 Å². The average Bonchev–Trinajstić information content (AvgIpc) is 3.53. The van der Waals surface area contributed by atoms with Crippen LogP contribution in [0.3, 0.4) is 0 Å². The number of nitrogens with zero attached hydrogens (tertiary/aromatic N) is 3. The molecular weight excluding hydrogens is 468 g/mol. The van der Waals surface area contributed by atoms with E-state index in [2.05, 4.69) is 10.4 Å². The smallest absolute Gasteiger partial charge is 0.256 e. The van der Waals surface area contributed by atoms with Crippen LogP contribution in [0.1, 0.15) is 66.8 Å². The average molecular weight is 499 g/mol. The van der Waals surface area contributed by atoms with Crippen LogP contribution in [-0.2, 0) is 9.84 Å². The number of benzene rings is 1. The third kappa shape index (κ3) is 4.71. The number of sulfone groups is 1. The van der Waals surface area contributed by atoms with Crippen molar-refractivity contribution in [2.75, 3.05) is 30.0 Å². The molecule has 186 valence electrons. The topological polar surface area (TPSA) is 112 Å². The number of aromatic nitrogens is 3. The van der Waals surface area contributed by atoms with Crippen molar-refractivity contribution in [3.05, 3.63) is 41.2 Å². The van der Waals surface area contributed by atoms with E-state index in [9.17, 15) is 13.2 Å². The Bertz CT molecular complexity index is 1390. The SMILES string of the molecule is CCOc1ccc(OCC)c(NC(=O)c2cc(C3CC3)nc3c2c(C)nn3C2CCS(=O)(=O)C2)c1. The second-order valence-corrected chi connectivity index (χ2v) is 11.4. The lowest BCUT2D eigenvalue weighted by Gasteiger charge is -2.15. The number of fused-ring (bicyclic) bond motifs is 1. The summed E-state index contributed by atoms with van der Waals surface area (Å²) in [6.07, 6.45) is 2.54. The van der Waals surface area contributed by atoms with E-state index in [-0.39, 0.29) is 23.5 Å². The summed E-state index contributed by atoms with van der Waals surface area (Å²) in [4.78, 5) is 18.5. The minimum atomic E-state index is -3.10. The predicted molar refractivity (Wildman–Crippen MR) is 133 cm³/mol. The highest BCUT2D eigenvalue weighted by molar-refractivity contribution is 7.91. The lowest BCUT2D eigenvalue weighted by Crippen LogP contribution is -2.16. The second-order valence-electron chi connectivity index (χ2n) is 9.13. The van der Waals surface area contributed by atoms with E-state index in [1.165, 1.54) is 0 Å². The Hall–Kier alpha value is -3.14. The quantitative estimate of drug-likeness (QED) is 0.499. The number of carbonyl (C=O) groups is 1. The predicted octanol–water partition coefficient (Wildman–Crippen LogP) is 4.03. The van der Waals surface area contributed by atoms with Gasteiger partial charge in [0.25, 0.3) is 5.91 Å². The molecule has 1 N–H and O–H groups in total. The molecule has 2 aliphatic rings. The zero-order valence-electron chi connectivity index (χ0n) is 20.2. The maximum Gasteiger partial charge on any atom is 0.256 e. The molecular formula is C25H30N4O5S. The van der Waals surface area contributed by atoms with E-state index in [0.717, 1.165) is 18.5 Å². The van der Waals surface area contributed by atoms with Gasteiger partial charge in [0.15, 0.2) is 15.5 Å². The number of hydrogen-bond donors (Lipinski definition) is 1. The molecule has 1 aromatic carbocycles. The summed E-state index contributed by atoms with van der Waals surface area (Å²) in [5.41, 5.74) is 3.07. The molecule has 10 heteroatoms. The number of pyridine rings is 1. The standard InChI is InChI=1S/C25H30N4O5S/c1-4-33-18-8-9-22(34-5-2)21(12-18)27-25(30)19-13-20(16-6-7-16)26-24-23(19)15(3)28-29(24)17-10-11-35(31,32)14-17/h8-9,12-13,16-17H,4-7,10-11,14H2,1-3H3,(H,27,30). The van der Waals surface area contributed by atoms with Gasteiger partial charge in [-0.25, -0.2) is 18.1 Å². The van der Waals surface area contributed by atoms with E-state index in [0.29, 0.717) is 65.0 Å². The highest BCUT2D eigenvalue weighted by atomic mass is 32.2. The Labute approximate surface area is 204 Å². The van der Waals surface area contributed by atoms with Crippen LogP contribution in [0.2, 0.25) is 0 Å². The molecule has 1 atom stereocenters. The summed E-state index contributed by atoms with van der Waals surface area (Å²) in [5, 5.41) is 8.31. The molecule has 1 aliphatic heterocycles. The van der Waals surface area contributed by atoms with Crippen LogP contribution < -0.4 is 14.8 Å². The fourth-order valence-electron chi connectivity index (χ4n) is 4.66. The molecule has 35 heavy (non-hydrogen) atoms. The van der Waals surface area contributed by atoms with Crippen molar-refractivity contribution in [3.8, 4) is 11.5 Å². The number of hydrogen-bond acceptors (Lipinski definition) is 7. The van der Waals surface area contributed by atoms with Crippen molar-refractivity contribution in [2.45, 2.75) is 52.0 Å². The zero-order valence-corrected chi connectivity index (χ0v) is 21.0. The molecule has 2 aromatic heterocycles. The number of amides is 1. The third-order valence-corrected chi connectivity index (χ3v) is 8.21. The van der Waals surface area contributed by atoms with Gasteiger partial charge in [-0.05, 0) is 58.2 Å². The summed E-state index contributed by atoms with van der Waals surface area (Å²) in [5.74, 6) is 1.39. The summed E-state index contributed by atoms with van der Waals surface area (Å²) >= 11 is 0. The van der Waals surface area contributed by atoms with Crippen LogP contribution in [0, 0.1) is 6.92 Å². The molecule has 9 nitrogen and oxygen atoms in total. The van der Waals surface area contributed by atoms with Gasteiger partial charge in [0.05, 0.1) is 53.1 Å². The maximum absolute atomic E-state index is 13.7. The highest BCUT2D eigenvalue weighted by Gasteiger charge is 2.34. The number of anilines is 1. The van der Waals surface area contributed by atoms with Gasteiger partial charge in [-0.15, -0.1) is 0 Å². The van der Waals surface area contributed by atoms with Crippen molar-refractivity contribution in [3.63, 3.8) is 0 Å². The molecule has 3 aromatic rings. The van der Waals surface area contributed by atoms with E-state index in [1.54, 1.807) is 16.8 Å². The maximum atomic E-state index is 13.7. The van der Waals surface area contributed by atoms with E-state index < -0.39 is 9.84 Å². The number of aryl methyl sites for hydroxylation is 1. The molecule has 5 rings (SSSR count). The van der Waals surface area contributed by atoms with Gasteiger partial charge < -0.3 is 14.8 Å². The van der Waals surface area contributed by atoms with Crippen molar-refractivity contribution >= 4 is 32.5 Å². The third-order valence-electron chi connectivity index (χ3n) is 6.46. The van der Waals surface area contributed by atoms with Gasteiger partial charge in [-0.3, -0.25) is 4.79 Å². The molecule has 0 radical (unpaired) electrons. The largest absolute Gasteiger partial charge is 0.494 e. The summed E-state index contributed by atoms with van der Waals surface area (Å²) < 4.78 is 37.3. The molecule has 0 spiro atoms. The minimum absolute atomic E-state index is 0.0437. The van der Waals surface area contributed by atoms with Crippen LogP contribution in [0.5, 0.6) is 11.5 Å². The lowest BCUT2D eigenvalue weighted by atomic mass is 10.1. The van der Waals surface area contributed by atoms with Crippen LogP contribution in [0.15, 0.2) is 24.3 Å². The first-order chi connectivity index (χ1) is 16.8. The van der Waals surface area contributed by atoms with Crippen LogP contribution in [0.4, 0.5) is 5.69 Å². The molecule has 0 bridgehead atoms. The first-order valence-electron chi connectivity index (χ1n) is 12.1. The van der Waals surface area contributed by atoms with Crippen LogP contribution >= 0.6 is 0 Å². The van der Waals surface area contributed by atoms with Gasteiger partial charge in [0.1, 0.15) is 11.5 Å². The van der Waals surface area contributed by atoms with Gasteiger partial charge in [0, 0.05) is 17.7 Å². The monoisotopic (exact) mass is 498 g/mol. The fraction of sp³-hybridized carbons (Fsp3) is 0.480. The zero-order chi connectivity index (χ0) is 24.7. The van der Waals surface area contributed by atoms with Crippen molar-refractivity contribution in [2.24, 2.45) is 0 Å². The fourth-order valence-corrected chi connectivity index (χ4v) is 6.35. The van der Waals surface area contributed by atoms with Crippen molar-refractivity contribution < 1.29 is 22.7 Å². The summed E-state index contributed by atoms with van der Waals surface area (Å²) in [6.45, 7) is 6.58. The Morgan fingerprint density at radius 3 is 2.57 bits per heavy atom. The number of nitrogens with one attached hydrogen (secondary N) is 1. The number of carbonyl (C=O) groups excluding carboxylic acids is 1. The second kappa shape index (κ2) is 9.14. The number of ether oxygens (including phenoxy) is 2. The van der Waals surface area contributed by atoms with Crippen molar-refractivity contribution in [1.29, 1.82) is 0 Å². The number of rotatable bonds is 8. The molecule has 3 heterocycles. The molecule has 1 amide bonds. The Morgan fingerprint density at radius 2 is 1.91 bits per heavy atom. The lowest BCUT2D eigenvalue weighted by molar-refractivity contribution is 0.102. The van der Waals surface area contributed by atoms with Gasteiger partial charge in [0.2, 0.25) is 0 Å². The highest BCUT2D eigenvalue weighted by Crippen LogP contribution is 2.41. The normalized spacial score (nSPS) is 19.1. The van der Waals surface area contributed by atoms with E-state index >= 15 is 0 Å². The van der Waals surface area contributed by atoms with Gasteiger partial charge >= 0.3 is 0 Å². The van der Waals surface area contributed by atoms with Crippen LogP contribution in [-0.4, -0.2) is 53.8 Å². The molecule has 1 unspecified atom stereocenters. The van der Waals surface area contributed by atoms with E-state index in [4.69, 9.17) is 14.5 Å². The summed E-state index contributed by atoms with van der Waals surface area (Å²) in [7, 11) is -3.10. The van der Waals surface area contributed by atoms with E-state index in [1.807, 2.05) is 32.9 Å². The van der Waals surface area contributed by atoms with Crippen molar-refractivity contribution in [1.82, 2.24) is 14.8 Å². The Balaban J connectivity index is 1.57. The molecule has 1 aliphatic carbocycles. The van der Waals surface area contributed by atoms with Crippen LogP contribution in [0.25, 0.3) is 11.0 Å². The molecule has 1 saturated carbocycles. The van der Waals surface area contributed by atoms with Gasteiger partial charge in [-0.2, -0.15) is 5.10 Å². The Kier molecular flexibility index (Phi) is 6.16. The minimum Gasteiger partial charge on any atom is -0.494 e. The first-order valence-corrected chi connectivity index (χ1v) is 13.9. The summed E-state index contributed by atoms with van der Waals surface area (Å²) in [6, 6.07) is 6.93.